The first kappa shape index (κ1) is 26.2. The highest BCUT2D eigenvalue weighted by molar-refractivity contribution is 5.97. The Bertz CT molecular complexity index is 1720. The summed E-state index contributed by atoms with van der Waals surface area (Å²) < 4.78 is 18.9. The molecule has 2 aromatic carbocycles. The second kappa shape index (κ2) is 11.1. The van der Waals surface area contributed by atoms with Gasteiger partial charge in [0.15, 0.2) is 5.76 Å². The monoisotopic (exact) mass is 539 g/mol. The number of hydrogen-bond donors (Lipinski definition) is 1. The molecule has 3 aromatic heterocycles. The third-order valence-electron chi connectivity index (χ3n) is 6.11. The lowest BCUT2D eigenvalue weighted by molar-refractivity contribution is -0.385. The van der Waals surface area contributed by atoms with E-state index in [0.717, 1.165) is 34.2 Å². The molecule has 0 saturated heterocycles. The highest BCUT2D eigenvalue weighted by atomic mass is 16.6. The van der Waals surface area contributed by atoms with E-state index in [9.17, 15) is 14.9 Å². The van der Waals surface area contributed by atoms with Crippen LogP contribution in [0, 0.1) is 24.0 Å². The zero-order valence-electron chi connectivity index (χ0n) is 22.0. The van der Waals surface area contributed by atoms with Crippen LogP contribution < -0.4 is 14.9 Å². The summed E-state index contributed by atoms with van der Waals surface area (Å²) in [6.07, 6.45) is 2.74. The fourth-order valence-electron chi connectivity index (χ4n) is 4.25. The molecule has 3 heterocycles. The zero-order valence-corrected chi connectivity index (χ0v) is 22.0. The molecular formula is C29H25N5O6. The molecule has 0 fully saturated rings. The summed E-state index contributed by atoms with van der Waals surface area (Å²) in [5.74, 6) is 1.19. The van der Waals surface area contributed by atoms with Gasteiger partial charge in [0.1, 0.15) is 23.3 Å². The number of ether oxygens (including phenoxy) is 2. The lowest BCUT2D eigenvalue weighted by Gasteiger charge is -2.11. The second-order valence-corrected chi connectivity index (χ2v) is 8.81. The van der Waals surface area contributed by atoms with E-state index in [1.165, 1.54) is 12.1 Å². The number of pyridine rings is 1. The van der Waals surface area contributed by atoms with E-state index in [2.05, 4.69) is 15.5 Å². The number of amides is 1. The smallest absolute Gasteiger partial charge is 0.307 e. The molecular weight excluding hydrogens is 514 g/mol. The Morgan fingerprint density at radius 3 is 2.58 bits per heavy atom. The quantitative estimate of drug-likeness (QED) is 0.136. The van der Waals surface area contributed by atoms with Gasteiger partial charge in [0, 0.05) is 40.2 Å². The van der Waals surface area contributed by atoms with Crippen LogP contribution in [0.25, 0.3) is 16.7 Å². The molecule has 11 heteroatoms. The number of rotatable bonds is 9. The van der Waals surface area contributed by atoms with Gasteiger partial charge in [-0.25, -0.2) is 10.4 Å². The van der Waals surface area contributed by atoms with Gasteiger partial charge < -0.3 is 18.5 Å². The summed E-state index contributed by atoms with van der Waals surface area (Å²) in [5.41, 5.74) is 6.63. The van der Waals surface area contributed by atoms with Crippen LogP contribution in [0.5, 0.6) is 17.4 Å². The van der Waals surface area contributed by atoms with Gasteiger partial charge in [-0.2, -0.15) is 5.10 Å². The number of furan rings is 1. The van der Waals surface area contributed by atoms with Crippen LogP contribution in [0.15, 0.2) is 82.4 Å². The first-order valence-electron chi connectivity index (χ1n) is 12.4. The van der Waals surface area contributed by atoms with Gasteiger partial charge in [-0.05, 0) is 75.4 Å². The minimum atomic E-state index is -0.514. The topological polar surface area (TPSA) is 134 Å². The number of fused-ring (bicyclic) bond motifs is 1. The summed E-state index contributed by atoms with van der Waals surface area (Å²) in [6.45, 7) is 6.38. The number of hydrogen-bond acceptors (Lipinski definition) is 8. The zero-order chi connectivity index (χ0) is 28.2. The first-order chi connectivity index (χ1) is 19.3. The van der Waals surface area contributed by atoms with E-state index >= 15 is 0 Å². The molecule has 11 nitrogen and oxygen atoms in total. The molecule has 40 heavy (non-hydrogen) atoms. The van der Waals surface area contributed by atoms with E-state index in [-0.39, 0.29) is 17.3 Å². The molecule has 0 radical (unpaired) electrons. The van der Waals surface area contributed by atoms with Crippen molar-refractivity contribution in [3.8, 4) is 23.1 Å². The van der Waals surface area contributed by atoms with E-state index in [1.807, 2.05) is 49.6 Å². The fraction of sp³-hybridized carbons (Fsp3) is 0.138. The van der Waals surface area contributed by atoms with Gasteiger partial charge in [0.2, 0.25) is 5.88 Å². The van der Waals surface area contributed by atoms with Gasteiger partial charge in [0.05, 0.1) is 17.7 Å². The van der Waals surface area contributed by atoms with Crippen molar-refractivity contribution in [2.45, 2.75) is 20.8 Å². The lowest BCUT2D eigenvalue weighted by atomic mass is 10.2. The number of nitrogens with one attached hydrogen (secondary N) is 1. The van der Waals surface area contributed by atoms with Gasteiger partial charge >= 0.3 is 5.91 Å². The second-order valence-electron chi connectivity index (χ2n) is 8.81. The highest BCUT2D eigenvalue weighted by Crippen LogP contribution is 2.26. The molecule has 0 unspecified atom stereocenters. The van der Waals surface area contributed by atoms with Crippen molar-refractivity contribution in [2.24, 2.45) is 5.10 Å². The van der Waals surface area contributed by atoms with E-state index < -0.39 is 10.8 Å². The summed E-state index contributed by atoms with van der Waals surface area (Å²) >= 11 is 0. The predicted octanol–water partition coefficient (Wildman–Crippen LogP) is 6.10. The van der Waals surface area contributed by atoms with E-state index in [4.69, 9.17) is 13.9 Å². The number of carbonyl (C=O) groups is 1. The van der Waals surface area contributed by atoms with Crippen molar-refractivity contribution >= 4 is 28.8 Å². The Morgan fingerprint density at radius 2 is 1.88 bits per heavy atom. The average molecular weight is 540 g/mol. The van der Waals surface area contributed by atoms with Crippen LogP contribution in [0.1, 0.15) is 34.4 Å². The van der Waals surface area contributed by atoms with Gasteiger partial charge in [-0.15, -0.1) is 0 Å². The minimum absolute atomic E-state index is 0.105. The molecule has 0 saturated carbocycles. The Hall–Kier alpha value is -5.45. The lowest BCUT2D eigenvalue weighted by Crippen LogP contribution is -2.16. The maximum absolute atomic E-state index is 12.6. The van der Waals surface area contributed by atoms with Crippen molar-refractivity contribution in [3.63, 3.8) is 0 Å². The molecule has 0 atom stereocenters. The van der Waals surface area contributed by atoms with Crippen LogP contribution >= 0.6 is 0 Å². The third kappa shape index (κ3) is 5.53. The predicted molar refractivity (Wildman–Crippen MR) is 149 cm³/mol. The highest BCUT2D eigenvalue weighted by Gasteiger charge is 2.14. The van der Waals surface area contributed by atoms with Crippen LogP contribution in [0.3, 0.4) is 0 Å². The van der Waals surface area contributed by atoms with Crippen LogP contribution in [-0.2, 0) is 0 Å². The molecule has 0 aliphatic heterocycles. The maximum Gasteiger partial charge on any atom is 0.307 e. The molecule has 0 spiro atoms. The Morgan fingerprint density at radius 1 is 1.10 bits per heavy atom. The number of carbonyl (C=O) groups excluding carboxylic acids is 1. The standard InChI is InChI=1S/C29H25N5O6/c1-4-38-25-10-11-26-20(14-25)15-27(40-26)29(35)32-31-16-21-13-18(2)33(19(21)3)22-5-8-24(9-6-22)39-28-12-7-23(17-30-28)34(36)37/h5-17H,4H2,1-3H3,(H,32,35)/b31-16+. The Kier molecular flexibility index (Phi) is 7.27. The summed E-state index contributed by atoms with van der Waals surface area (Å²) in [4.78, 5) is 26.8. The van der Waals surface area contributed by atoms with Crippen molar-refractivity contribution in [3.05, 3.63) is 106 Å². The molecule has 0 aliphatic carbocycles. The number of aryl methyl sites for hydroxylation is 1. The number of hydrazone groups is 1. The number of nitrogens with zero attached hydrogens (tertiary/aromatic N) is 4. The van der Waals surface area contributed by atoms with Crippen molar-refractivity contribution < 1.29 is 23.6 Å². The molecule has 202 valence electrons. The van der Waals surface area contributed by atoms with Gasteiger partial charge in [-0.1, -0.05) is 0 Å². The molecule has 1 amide bonds. The summed E-state index contributed by atoms with van der Waals surface area (Å²) in [7, 11) is 0. The van der Waals surface area contributed by atoms with Crippen molar-refractivity contribution in [1.82, 2.24) is 15.0 Å². The summed E-state index contributed by atoms with van der Waals surface area (Å²) in [5, 5.41) is 15.7. The van der Waals surface area contributed by atoms with Crippen molar-refractivity contribution in [2.75, 3.05) is 6.61 Å². The molecule has 0 bridgehead atoms. The Labute approximate surface area is 228 Å². The minimum Gasteiger partial charge on any atom is -0.494 e. The van der Waals surface area contributed by atoms with Gasteiger partial charge in [-0.3, -0.25) is 14.9 Å². The van der Waals surface area contributed by atoms with Gasteiger partial charge in [0.25, 0.3) is 5.69 Å². The third-order valence-corrected chi connectivity index (χ3v) is 6.11. The SMILES string of the molecule is CCOc1ccc2oc(C(=O)N/N=C/c3cc(C)n(-c4ccc(Oc5ccc([N+](=O)[O-])cn5)cc4)c3C)cc2c1. The number of aromatic nitrogens is 2. The molecule has 1 N–H and O–H groups in total. The van der Waals surface area contributed by atoms with Crippen molar-refractivity contribution in [1.29, 1.82) is 0 Å². The maximum atomic E-state index is 12.6. The molecule has 5 rings (SSSR count). The van der Waals surface area contributed by atoms with Crippen LogP contribution in [0.2, 0.25) is 0 Å². The van der Waals surface area contributed by atoms with E-state index in [0.29, 0.717) is 23.7 Å². The molecule has 0 aliphatic rings. The normalized spacial score (nSPS) is 11.2. The molecule has 5 aromatic rings. The number of benzene rings is 2. The largest absolute Gasteiger partial charge is 0.494 e. The fourth-order valence-corrected chi connectivity index (χ4v) is 4.25. The summed E-state index contributed by atoms with van der Waals surface area (Å²) in [6, 6.07) is 19.1. The van der Waals surface area contributed by atoms with Crippen LogP contribution in [-0.4, -0.2) is 33.2 Å². The van der Waals surface area contributed by atoms with E-state index in [1.54, 1.807) is 36.5 Å². The first-order valence-corrected chi connectivity index (χ1v) is 12.4. The number of nitro groups is 1. The Balaban J connectivity index is 1.25. The average Bonchev–Trinajstić information content (AvgIpc) is 3.49. The van der Waals surface area contributed by atoms with Crippen LogP contribution in [0.4, 0.5) is 5.69 Å².